The Morgan fingerprint density at radius 3 is 2.47 bits per heavy atom. The zero-order valence-corrected chi connectivity index (χ0v) is 16.7. The first-order valence-corrected chi connectivity index (χ1v) is 10.9. The number of nitro benzene ring substituents is 1. The quantitative estimate of drug-likeness (QED) is 0.247. The molecule has 0 atom stereocenters. The molecule has 0 amide bonds. The standard InChI is InChI=1S/C18H14F3N3O4S2/c19-18(20,21)17-11-15(12-5-1-2-6-13(12)23-17)29-10-9-22-30(27,28)16-8-4-3-7-14(16)24(25)26/h1-8,11,22H,9-10H2. The van der Waals surface area contributed by atoms with E-state index < -0.39 is 37.4 Å². The molecule has 3 rings (SSSR count). The number of rotatable bonds is 7. The molecular weight excluding hydrogens is 443 g/mol. The summed E-state index contributed by atoms with van der Waals surface area (Å²) in [5, 5.41) is 11.5. The summed E-state index contributed by atoms with van der Waals surface area (Å²) in [6.45, 7) is -0.142. The van der Waals surface area contributed by atoms with E-state index in [2.05, 4.69) is 9.71 Å². The van der Waals surface area contributed by atoms with Gasteiger partial charge in [-0.3, -0.25) is 10.1 Å². The fourth-order valence-corrected chi connectivity index (χ4v) is 4.94. The molecule has 0 fully saturated rings. The van der Waals surface area contributed by atoms with Gasteiger partial charge in [-0.05, 0) is 18.2 Å². The SMILES string of the molecule is O=[N+]([O-])c1ccccc1S(=O)(=O)NCCSc1cc(C(F)(F)F)nc2ccccc12. The molecule has 0 aliphatic heterocycles. The lowest BCUT2D eigenvalue weighted by Gasteiger charge is -2.12. The van der Waals surface area contributed by atoms with E-state index in [4.69, 9.17) is 0 Å². The lowest BCUT2D eigenvalue weighted by Crippen LogP contribution is -2.26. The Hall–Kier alpha value is -2.70. The van der Waals surface area contributed by atoms with Crippen molar-refractivity contribution in [1.82, 2.24) is 9.71 Å². The Kier molecular flexibility index (Phi) is 6.29. The van der Waals surface area contributed by atoms with Crippen LogP contribution in [0.25, 0.3) is 10.9 Å². The molecular formula is C18H14F3N3O4S2. The molecule has 30 heavy (non-hydrogen) atoms. The van der Waals surface area contributed by atoms with Crippen LogP contribution in [-0.2, 0) is 16.2 Å². The molecule has 12 heteroatoms. The van der Waals surface area contributed by atoms with Gasteiger partial charge in [0.05, 0.1) is 10.4 Å². The fourth-order valence-electron chi connectivity index (χ4n) is 2.66. The van der Waals surface area contributed by atoms with Crippen molar-refractivity contribution >= 4 is 38.4 Å². The Labute approximate surface area is 173 Å². The molecule has 0 radical (unpaired) electrons. The topological polar surface area (TPSA) is 102 Å². The van der Waals surface area contributed by atoms with Crippen LogP contribution < -0.4 is 4.72 Å². The molecule has 1 heterocycles. The second-order valence-electron chi connectivity index (χ2n) is 5.99. The first kappa shape index (κ1) is 22.0. The Balaban J connectivity index is 1.76. The number of para-hydroxylation sites is 2. The van der Waals surface area contributed by atoms with Gasteiger partial charge in [0, 0.05) is 28.6 Å². The largest absolute Gasteiger partial charge is 0.433 e. The van der Waals surface area contributed by atoms with Crippen LogP contribution >= 0.6 is 11.8 Å². The number of nitrogens with zero attached hydrogens (tertiary/aromatic N) is 2. The van der Waals surface area contributed by atoms with Crippen LogP contribution in [0, 0.1) is 10.1 Å². The number of sulfonamides is 1. The van der Waals surface area contributed by atoms with Crippen molar-refractivity contribution in [2.75, 3.05) is 12.3 Å². The summed E-state index contributed by atoms with van der Waals surface area (Å²) >= 11 is 1.03. The van der Waals surface area contributed by atoms with Crippen molar-refractivity contribution in [3.63, 3.8) is 0 Å². The number of hydrogen-bond acceptors (Lipinski definition) is 6. The average molecular weight is 457 g/mol. The molecule has 0 spiro atoms. The van der Waals surface area contributed by atoms with Crippen molar-refractivity contribution in [3.8, 4) is 0 Å². The molecule has 3 aromatic rings. The predicted molar refractivity (Wildman–Crippen MR) is 106 cm³/mol. The number of aromatic nitrogens is 1. The molecule has 0 aliphatic carbocycles. The van der Waals surface area contributed by atoms with E-state index in [1.165, 1.54) is 18.2 Å². The molecule has 0 unspecified atom stereocenters. The highest BCUT2D eigenvalue weighted by Gasteiger charge is 2.33. The maximum Gasteiger partial charge on any atom is 0.433 e. The zero-order chi connectivity index (χ0) is 21.9. The van der Waals surface area contributed by atoms with Crippen LogP contribution in [0.1, 0.15) is 5.69 Å². The van der Waals surface area contributed by atoms with E-state index in [0.29, 0.717) is 10.3 Å². The van der Waals surface area contributed by atoms with Gasteiger partial charge in [-0.25, -0.2) is 18.1 Å². The number of benzene rings is 2. The molecule has 0 bridgehead atoms. The van der Waals surface area contributed by atoms with Crippen LogP contribution in [0.15, 0.2) is 64.4 Å². The summed E-state index contributed by atoms with van der Waals surface area (Å²) in [4.78, 5) is 13.7. The van der Waals surface area contributed by atoms with E-state index in [0.717, 1.165) is 30.0 Å². The van der Waals surface area contributed by atoms with E-state index in [-0.39, 0.29) is 17.8 Å². The van der Waals surface area contributed by atoms with E-state index in [1.54, 1.807) is 18.2 Å². The van der Waals surface area contributed by atoms with Gasteiger partial charge in [-0.15, -0.1) is 11.8 Å². The number of nitro groups is 1. The summed E-state index contributed by atoms with van der Waals surface area (Å²) in [5.74, 6) is 0.102. The van der Waals surface area contributed by atoms with Gasteiger partial charge in [0.15, 0.2) is 4.90 Å². The van der Waals surface area contributed by atoms with Gasteiger partial charge in [-0.1, -0.05) is 30.3 Å². The first-order chi connectivity index (χ1) is 14.1. The minimum atomic E-state index is -4.62. The summed E-state index contributed by atoms with van der Waals surface area (Å²) in [6.07, 6.45) is -4.62. The van der Waals surface area contributed by atoms with Crippen LogP contribution in [0.2, 0.25) is 0 Å². The number of fused-ring (bicyclic) bond motifs is 1. The third-order valence-corrected chi connectivity index (χ3v) is 6.54. The van der Waals surface area contributed by atoms with E-state index in [9.17, 15) is 31.7 Å². The highest BCUT2D eigenvalue weighted by atomic mass is 32.2. The number of pyridine rings is 1. The third-order valence-electron chi connectivity index (χ3n) is 3.97. The number of nitrogens with one attached hydrogen (secondary N) is 1. The lowest BCUT2D eigenvalue weighted by atomic mass is 10.2. The molecule has 0 saturated carbocycles. The predicted octanol–water partition coefficient (Wildman–Crippen LogP) is 4.23. The van der Waals surface area contributed by atoms with Crippen LogP contribution in [0.5, 0.6) is 0 Å². The highest BCUT2D eigenvalue weighted by molar-refractivity contribution is 7.99. The fraction of sp³-hybridized carbons (Fsp3) is 0.167. The minimum Gasteiger partial charge on any atom is -0.258 e. The maximum absolute atomic E-state index is 13.1. The van der Waals surface area contributed by atoms with Crippen molar-refractivity contribution in [3.05, 3.63) is 70.4 Å². The number of thioether (sulfide) groups is 1. The van der Waals surface area contributed by atoms with Crippen molar-refractivity contribution in [1.29, 1.82) is 0 Å². The number of halogens is 3. The second-order valence-corrected chi connectivity index (χ2v) is 8.86. The summed E-state index contributed by atoms with van der Waals surface area (Å²) in [7, 11) is -4.16. The molecule has 7 nitrogen and oxygen atoms in total. The maximum atomic E-state index is 13.1. The van der Waals surface area contributed by atoms with Gasteiger partial charge >= 0.3 is 6.18 Å². The van der Waals surface area contributed by atoms with Gasteiger partial charge in [0.25, 0.3) is 5.69 Å². The molecule has 2 aromatic carbocycles. The molecule has 1 N–H and O–H groups in total. The molecule has 1 aromatic heterocycles. The van der Waals surface area contributed by atoms with Crippen LogP contribution in [0.3, 0.4) is 0 Å². The number of hydrogen-bond donors (Lipinski definition) is 1. The summed E-state index contributed by atoms with van der Waals surface area (Å²) < 4.78 is 66.3. The zero-order valence-electron chi connectivity index (χ0n) is 15.1. The van der Waals surface area contributed by atoms with Crippen LogP contribution in [0.4, 0.5) is 18.9 Å². The Bertz CT molecular complexity index is 1200. The van der Waals surface area contributed by atoms with Gasteiger partial charge in [-0.2, -0.15) is 13.2 Å². The van der Waals surface area contributed by atoms with Crippen molar-refractivity contribution in [2.45, 2.75) is 16.0 Å². The highest BCUT2D eigenvalue weighted by Crippen LogP contribution is 2.34. The van der Waals surface area contributed by atoms with Gasteiger partial charge in [0.1, 0.15) is 5.69 Å². The number of alkyl halides is 3. The first-order valence-electron chi connectivity index (χ1n) is 8.42. The van der Waals surface area contributed by atoms with E-state index in [1.807, 2.05) is 0 Å². The normalized spacial score (nSPS) is 12.2. The minimum absolute atomic E-state index is 0.102. The molecule has 0 saturated heterocycles. The smallest absolute Gasteiger partial charge is 0.258 e. The second kappa shape index (κ2) is 8.58. The summed E-state index contributed by atoms with van der Waals surface area (Å²) in [5.41, 5.74) is -1.42. The lowest BCUT2D eigenvalue weighted by molar-refractivity contribution is -0.387. The summed E-state index contributed by atoms with van der Waals surface area (Å²) in [6, 6.07) is 12.1. The monoisotopic (exact) mass is 457 g/mol. The molecule has 0 aliphatic rings. The van der Waals surface area contributed by atoms with Crippen LogP contribution in [-0.4, -0.2) is 30.6 Å². The molecule has 158 valence electrons. The Morgan fingerprint density at radius 2 is 1.77 bits per heavy atom. The Morgan fingerprint density at radius 1 is 1.10 bits per heavy atom. The average Bonchev–Trinajstić information content (AvgIpc) is 2.70. The van der Waals surface area contributed by atoms with Gasteiger partial charge in [0.2, 0.25) is 10.0 Å². The van der Waals surface area contributed by atoms with Gasteiger partial charge < -0.3 is 0 Å². The van der Waals surface area contributed by atoms with E-state index >= 15 is 0 Å². The van der Waals surface area contributed by atoms with Crippen molar-refractivity contribution in [2.24, 2.45) is 0 Å². The third kappa shape index (κ3) is 4.89. The van der Waals surface area contributed by atoms with Crippen molar-refractivity contribution < 1.29 is 26.5 Å².